The first-order valence-electron chi connectivity index (χ1n) is 10.2. The Hall–Kier alpha value is -2.59. The van der Waals surface area contributed by atoms with Gasteiger partial charge in [0.2, 0.25) is 7.14 Å². The third kappa shape index (κ3) is 5.57. The monoisotopic (exact) mass is 680 g/mol. The molecule has 3 nitrogen and oxygen atoms in total. The van der Waals surface area contributed by atoms with Crippen LogP contribution < -0.4 is 21.2 Å². The number of hydrogen-bond donors (Lipinski definition) is 0. The Balaban J connectivity index is 0.000000217. The lowest BCUT2D eigenvalue weighted by Crippen LogP contribution is -3.61. The first-order chi connectivity index (χ1) is 17.4. The highest BCUT2D eigenvalue weighted by atomic mass is 127. The molecule has 38 heavy (non-hydrogen) atoms. The van der Waals surface area contributed by atoms with Crippen LogP contribution in [0, 0.1) is 7.14 Å². The van der Waals surface area contributed by atoms with E-state index in [0.29, 0.717) is 0 Å². The molecule has 0 atom stereocenters. The van der Waals surface area contributed by atoms with E-state index in [9.17, 15) is 52.5 Å². The average molecular weight is 680 g/mol. The highest BCUT2D eigenvalue weighted by Crippen LogP contribution is 2.54. The van der Waals surface area contributed by atoms with Gasteiger partial charge in [-0.2, -0.15) is 39.5 Å². The normalized spacial score (nSPS) is 13.3. The lowest BCUT2D eigenvalue weighted by Gasteiger charge is -2.34. The molecule has 14 heteroatoms. The van der Waals surface area contributed by atoms with Crippen molar-refractivity contribution in [3.8, 4) is 0 Å². The topological polar surface area (TPSA) is 57.2 Å². The van der Waals surface area contributed by atoms with E-state index in [1.165, 1.54) is 28.7 Å². The van der Waals surface area contributed by atoms with E-state index >= 15 is 0 Å². The van der Waals surface area contributed by atoms with Gasteiger partial charge in [0, 0.05) is 10.8 Å². The van der Waals surface area contributed by atoms with Gasteiger partial charge in [0.05, 0.1) is 0 Å². The Kier molecular flexibility index (Phi) is 8.30. The van der Waals surface area contributed by atoms with Gasteiger partial charge in [-0.1, -0.05) is 60.7 Å². The quantitative estimate of drug-likeness (QED) is 0.182. The maximum absolute atomic E-state index is 12.2. The lowest BCUT2D eigenvalue weighted by atomic mass is 10.1. The van der Waals surface area contributed by atoms with Gasteiger partial charge in [-0.05, 0) is 35.0 Å². The van der Waals surface area contributed by atoms with Gasteiger partial charge in [-0.15, -0.1) is 0 Å². The second-order valence-corrected chi connectivity index (χ2v) is 11.9. The molecule has 0 unspecified atom stereocenters. The van der Waals surface area contributed by atoms with Gasteiger partial charge >= 0.3 is 44.5 Å². The van der Waals surface area contributed by atoms with Crippen LogP contribution in [-0.4, -0.2) is 36.2 Å². The molecular formula is C24H14F9IO3S. The molecule has 0 bridgehead atoms. The van der Waals surface area contributed by atoms with E-state index in [4.69, 9.17) is 0 Å². The summed E-state index contributed by atoms with van der Waals surface area (Å²) in [6, 6.07) is 30.7. The zero-order valence-corrected chi connectivity index (χ0v) is 21.5. The second-order valence-electron chi connectivity index (χ2n) is 7.63. The van der Waals surface area contributed by atoms with Crippen LogP contribution in [-0.2, 0) is 10.1 Å². The van der Waals surface area contributed by atoms with Crippen molar-refractivity contribution >= 4 is 31.7 Å². The van der Waals surface area contributed by atoms with Crippen LogP contribution in [0.15, 0.2) is 84.9 Å². The molecule has 0 saturated carbocycles. The van der Waals surface area contributed by atoms with Crippen LogP contribution in [0.1, 0.15) is 0 Å². The molecule has 4 aromatic rings. The third-order valence-electron chi connectivity index (χ3n) is 5.11. The summed E-state index contributed by atoms with van der Waals surface area (Å²) >= 11 is -0.176. The van der Waals surface area contributed by atoms with E-state index in [1.54, 1.807) is 0 Å². The number of alkyl halides is 9. The predicted molar refractivity (Wildman–Crippen MR) is 116 cm³/mol. The fourth-order valence-electron chi connectivity index (χ4n) is 3.16. The minimum absolute atomic E-state index is 0.176. The van der Waals surface area contributed by atoms with Gasteiger partial charge in [-0.25, -0.2) is 8.42 Å². The largest absolute Gasteiger partial charge is 0.743 e. The number of hydrogen-bond acceptors (Lipinski definition) is 3. The van der Waals surface area contributed by atoms with Crippen LogP contribution in [0.2, 0.25) is 0 Å². The molecule has 0 aliphatic carbocycles. The lowest BCUT2D eigenvalue weighted by molar-refractivity contribution is -0.592. The van der Waals surface area contributed by atoms with Crippen LogP contribution in [0.5, 0.6) is 0 Å². The van der Waals surface area contributed by atoms with Gasteiger partial charge in [0.25, 0.3) is 0 Å². The minimum atomic E-state index is -7.43. The highest BCUT2D eigenvalue weighted by Gasteiger charge is 2.83. The van der Waals surface area contributed by atoms with E-state index in [0.717, 1.165) is 0 Å². The van der Waals surface area contributed by atoms with Crippen LogP contribution in [0.3, 0.4) is 0 Å². The summed E-state index contributed by atoms with van der Waals surface area (Å²) in [5.74, 6) is -14.8. The molecule has 0 amide bonds. The smallest absolute Gasteiger partial charge is 0.460 e. The van der Waals surface area contributed by atoms with Crippen LogP contribution in [0.4, 0.5) is 39.5 Å². The number of halogens is 10. The molecule has 4 aromatic carbocycles. The Morgan fingerprint density at radius 3 is 1.29 bits per heavy atom. The predicted octanol–water partition coefficient (Wildman–Crippen LogP) is 4.08. The number of benzene rings is 4. The van der Waals surface area contributed by atoms with Crippen molar-refractivity contribution < 1.29 is 73.7 Å². The molecule has 0 aliphatic rings. The Labute approximate surface area is 220 Å². The third-order valence-corrected chi connectivity index (χ3v) is 9.03. The summed E-state index contributed by atoms with van der Waals surface area (Å²) in [4.78, 5) is 0. The summed E-state index contributed by atoms with van der Waals surface area (Å²) in [5, 5.41) is -1.62. The summed E-state index contributed by atoms with van der Waals surface area (Å²) in [5.41, 5.74) is 0. The molecular weight excluding hydrogens is 666 g/mol. The van der Waals surface area contributed by atoms with E-state index in [2.05, 4.69) is 84.9 Å². The molecule has 0 N–H and O–H groups in total. The first kappa shape index (κ1) is 30.0. The summed E-state index contributed by atoms with van der Waals surface area (Å²) < 4.78 is 138. The summed E-state index contributed by atoms with van der Waals surface area (Å²) in [7, 11) is -7.42. The minimum Gasteiger partial charge on any atom is -0.743 e. The summed E-state index contributed by atoms with van der Waals surface area (Å²) in [6.45, 7) is 0. The number of rotatable bonds is 5. The molecule has 4 rings (SSSR count). The van der Waals surface area contributed by atoms with E-state index in [1.807, 2.05) is 0 Å². The molecule has 0 radical (unpaired) electrons. The van der Waals surface area contributed by atoms with Crippen LogP contribution >= 0.6 is 0 Å². The summed E-state index contributed by atoms with van der Waals surface area (Å²) in [6.07, 6.45) is -7.16. The van der Waals surface area contributed by atoms with Crippen molar-refractivity contribution in [2.75, 3.05) is 0 Å². The van der Waals surface area contributed by atoms with Crippen molar-refractivity contribution in [1.29, 1.82) is 0 Å². The maximum atomic E-state index is 12.2. The first-order valence-corrected chi connectivity index (χ1v) is 13.7. The van der Waals surface area contributed by atoms with Crippen molar-refractivity contribution in [2.45, 2.75) is 23.3 Å². The average Bonchev–Trinajstić information content (AvgIpc) is 2.83. The molecule has 204 valence electrons. The fraction of sp³-hybridized carbons (Fsp3) is 0.167. The molecule has 0 saturated heterocycles. The Morgan fingerprint density at radius 2 is 0.921 bits per heavy atom. The molecule has 0 aliphatic heterocycles. The Bertz CT molecular complexity index is 1470. The van der Waals surface area contributed by atoms with Crippen molar-refractivity contribution in [1.82, 2.24) is 0 Å². The van der Waals surface area contributed by atoms with E-state index < -0.39 is 33.4 Å². The van der Waals surface area contributed by atoms with Gasteiger partial charge < -0.3 is 4.55 Å². The van der Waals surface area contributed by atoms with Crippen molar-refractivity contribution in [2.24, 2.45) is 0 Å². The Morgan fingerprint density at radius 1 is 0.553 bits per heavy atom. The zero-order valence-electron chi connectivity index (χ0n) is 18.5. The van der Waals surface area contributed by atoms with Crippen molar-refractivity contribution in [3.63, 3.8) is 0 Å². The van der Waals surface area contributed by atoms with E-state index in [-0.39, 0.29) is 21.2 Å². The van der Waals surface area contributed by atoms with Crippen molar-refractivity contribution in [3.05, 3.63) is 92.1 Å². The molecule has 0 spiro atoms. The highest BCUT2D eigenvalue weighted by molar-refractivity contribution is 7.86. The molecule has 0 fully saturated rings. The second kappa shape index (κ2) is 10.5. The SMILES string of the molecule is O=S(=O)([O-])C(F)(F)C(F)(F)C(F)(F)C(F)(F)F.c1ccc2c([I+]c3cccc4ccccc34)cccc2c1. The van der Waals surface area contributed by atoms with Gasteiger partial charge in [-0.3, -0.25) is 0 Å². The standard InChI is InChI=1S/C20H14I.C4HF9O3S/c1-3-11-17-15(7-1)9-5-13-19(17)21-20-14-6-10-16-8-2-4-12-18(16)20;5-1(6,3(9,10)11)2(7,8)4(12,13)17(14,15)16/h1-14H;(H,14,15,16)/q+1;/p-1. The maximum Gasteiger partial charge on any atom is 0.460 e. The van der Waals surface area contributed by atoms with Gasteiger partial charge in [0.15, 0.2) is 10.1 Å². The molecule has 0 heterocycles. The fourth-order valence-corrected chi connectivity index (χ4v) is 6.57. The number of fused-ring (bicyclic) bond motifs is 2. The van der Waals surface area contributed by atoms with Crippen LogP contribution in [0.25, 0.3) is 21.5 Å². The molecule has 0 aromatic heterocycles. The van der Waals surface area contributed by atoms with Gasteiger partial charge in [0.1, 0.15) is 0 Å². The zero-order chi connectivity index (χ0) is 28.6.